The number of fused-ring (bicyclic) bond motifs is 1. The van der Waals surface area contributed by atoms with Crippen molar-refractivity contribution in [2.75, 3.05) is 13.2 Å². The number of nitrogens with one attached hydrogen (secondary N) is 2. The summed E-state index contributed by atoms with van der Waals surface area (Å²) in [5.41, 5.74) is 2.66. The van der Waals surface area contributed by atoms with E-state index in [4.69, 9.17) is 4.74 Å². The molecule has 0 heterocycles. The highest BCUT2D eigenvalue weighted by Gasteiger charge is 2.30. The van der Waals surface area contributed by atoms with Crippen molar-refractivity contribution in [3.8, 4) is 5.75 Å². The second-order valence-corrected chi connectivity index (χ2v) is 14.7. The third-order valence-electron chi connectivity index (χ3n) is 9.19. The lowest BCUT2D eigenvalue weighted by molar-refractivity contribution is -0.123. The number of benzene rings is 3. The van der Waals surface area contributed by atoms with Crippen LogP contribution in [-0.4, -0.2) is 33.5 Å². The van der Waals surface area contributed by atoms with Crippen LogP contribution in [0.4, 0.5) is 0 Å². The molecule has 0 aliphatic rings. The van der Waals surface area contributed by atoms with E-state index in [1.54, 1.807) is 18.2 Å². The van der Waals surface area contributed by atoms with E-state index in [0.717, 1.165) is 42.2 Å². The summed E-state index contributed by atoms with van der Waals surface area (Å²) >= 11 is 0. The molecule has 0 radical (unpaired) electrons. The Morgan fingerprint density at radius 1 is 0.860 bits per heavy atom. The molecule has 0 aromatic heterocycles. The minimum atomic E-state index is -3.88. The van der Waals surface area contributed by atoms with Gasteiger partial charge >= 0.3 is 0 Å². The van der Waals surface area contributed by atoms with Crippen molar-refractivity contribution in [2.45, 2.75) is 109 Å². The van der Waals surface area contributed by atoms with Crippen molar-refractivity contribution in [3.05, 3.63) is 71.8 Å². The largest absolute Gasteiger partial charge is 0.493 e. The number of hydrogen-bond acceptors (Lipinski definition) is 4. The number of hydrogen-bond donors (Lipinski definition) is 2. The highest BCUT2D eigenvalue weighted by Crippen LogP contribution is 2.38. The Balaban J connectivity index is 1.58. The maximum absolute atomic E-state index is 13.3. The molecular weight excluding hydrogens is 556 g/mol. The minimum absolute atomic E-state index is 0.00565. The van der Waals surface area contributed by atoms with Crippen molar-refractivity contribution in [3.63, 3.8) is 0 Å². The van der Waals surface area contributed by atoms with Gasteiger partial charge in [0.05, 0.1) is 11.5 Å². The summed E-state index contributed by atoms with van der Waals surface area (Å²) in [4.78, 5) is 13.3. The zero-order chi connectivity index (χ0) is 31.8. The van der Waals surface area contributed by atoms with Crippen molar-refractivity contribution < 1.29 is 17.9 Å². The summed E-state index contributed by atoms with van der Waals surface area (Å²) < 4.78 is 35.5. The van der Waals surface area contributed by atoms with Crippen LogP contribution in [0.2, 0.25) is 0 Å². The van der Waals surface area contributed by atoms with Crippen LogP contribution < -0.4 is 14.8 Å². The Morgan fingerprint density at radius 2 is 1.53 bits per heavy atom. The van der Waals surface area contributed by atoms with Gasteiger partial charge in [-0.2, -0.15) is 4.72 Å². The van der Waals surface area contributed by atoms with E-state index in [1.165, 1.54) is 11.1 Å². The molecule has 43 heavy (non-hydrogen) atoms. The lowest BCUT2D eigenvalue weighted by Crippen LogP contribution is -2.50. The highest BCUT2D eigenvalue weighted by atomic mass is 32.2. The Kier molecular flexibility index (Phi) is 11.8. The van der Waals surface area contributed by atoms with Gasteiger partial charge in [0.15, 0.2) is 0 Å². The van der Waals surface area contributed by atoms with Crippen molar-refractivity contribution in [1.82, 2.24) is 10.0 Å². The van der Waals surface area contributed by atoms with E-state index in [0.29, 0.717) is 19.6 Å². The molecular formula is C36H52N2O4S. The molecule has 0 spiro atoms. The monoisotopic (exact) mass is 608 g/mol. The number of ether oxygens (including phenoxy) is 1. The molecule has 3 aromatic carbocycles. The van der Waals surface area contributed by atoms with E-state index in [1.807, 2.05) is 38.1 Å². The van der Waals surface area contributed by atoms with Gasteiger partial charge in [-0.3, -0.25) is 4.79 Å². The summed E-state index contributed by atoms with van der Waals surface area (Å²) in [5, 5.41) is 4.75. The molecule has 0 saturated carbocycles. The number of sulfonamides is 1. The molecule has 1 amide bonds. The predicted octanol–water partition coefficient (Wildman–Crippen LogP) is 7.88. The fourth-order valence-corrected chi connectivity index (χ4v) is 6.30. The van der Waals surface area contributed by atoms with E-state index in [9.17, 15) is 13.2 Å². The number of amides is 1. The van der Waals surface area contributed by atoms with Crippen LogP contribution >= 0.6 is 0 Å². The Bertz CT molecular complexity index is 1480. The lowest BCUT2D eigenvalue weighted by atomic mass is 9.76. The third kappa shape index (κ3) is 8.82. The van der Waals surface area contributed by atoms with Gasteiger partial charge in [-0.25, -0.2) is 8.42 Å². The summed E-state index contributed by atoms with van der Waals surface area (Å²) in [7, 11) is -3.88. The number of unbranched alkanes of at least 4 members (excludes halogenated alkanes) is 1. The third-order valence-corrected chi connectivity index (χ3v) is 10.6. The molecule has 0 saturated heterocycles. The van der Waals surface area contributed by atoms with E-state index >= 15 is 0 Å². The molecule has 2 N–H and O–H groups in total. The zero-order valence-corrected chi connectivity index (χ0v) is 28.2. The molecule has 0 aliphatic carbocycles. The van der Waals surface area contributed by atoms with Gasteiger partial charge in [0.1, 0.15) is 11.8 Å². The Morgan fingerprint density at radius 3 is 2.19 bits per heavy atom. The summed E-state index contributed by atoms with van der Waals surface area (Å²) in [5.74, 6) is 0.451. The van der Waals surface area contributed by atoms with Crippen molar-refractivity contribution in [1.29, 1.82) is 0 Å². The van der Waals surface area contributed by atoms with Crippen LogP contribution in [0.3, 0.4) is 0 Å². The summed E-state index contributed by atoms with van der Waals surface area (Å²) in [6, 6.07) is 18.4. The molecule has 2 atom stereocenters. The van der Waals surface area contributed by atoms with Crippen LogP contribution in [0.25, 0.3) is 10.8 Å². The summed E-state index contributed by atoms with van der Waals surface area (Å²) in [6.45, 7) is 18.3. The second kappa shape index (κ2) is 14.7. The zero-order valence-electron chi connectivity index (χ0n) is 27.4. The minimum Gasteiger partial charge on any atom is -0.493 e. The van der Waals surface area contributed by atoms with Crippen LogP contribution in [-0.2, 0) is 25.6 Å². The van der Waals surface area contributed by atoms with Crippen LogP contribution in [0.15, 0.2) is 65.6 Å². The number of carbonyl (C=O) groups excluding carboxylic acids is 1. The van der Waals surface area contributed by atoms with Gasteiger partial charge in [0.25, 0.3) is 0 Å². The van der Waals surface area contributed by atoms with Gasteiger partial charge < -0.3 is 10.1 Å². The first kappa shape index (κ1) is 34.6. The van der Waals surface area contributed by atoms with E-state index in [2.05, 4.69) is 69.8 Å². The topological polar surface area (TPSA) is 84.5 Å². The second-order valence-electron chi connectivity index (χ2n) is 13.0. The van der Waals surface area contributed by atoms with Crippen molar-refractivity contribution in [2.24, 2.45) is 5.92 Å². The standard InChI is InChI=1S/C36H52N2O4S/c1-9-26(4)33(38-43(40,41)30-20-18-27-16-12-13-17-28(27)24-30)34(39)37-22-14-15-23-42-32-21-19-29(35(5,6)10-2)25-31(32)36(7,8)11-3/h12-13,16-21,24-26,33,38H,9-11,14-15,22-23H2,1-8H3,(H,37,39). The fraction of sp³-hybridized carbons (Fsp3) is 0.528. The average molecular weight is 609 g/mol. The van der Waals surface area contributed by atoms with Crippen LogP contribution in [0, 0.1) is 5.92 Å². The van der Waals surface area contributed by atoms with Gasteiger partial charge in [0, 0.05) is 12.1 Å². The first-order chi connectivity index (χ1) is 20.3. The first-order valence-electron chi connectivity index (χ1n) is 15.8. The Hall–Kier alpha value is -2.90. The van der Waals surface area contributed by atoms with Crippen LogP contribution in [0.1, 0.15) is 98.6 Å². The molecule has 0 bridgehead atoms. The van der Waals surface area contributed by atoms with E-state index < -0.39 is 16.1 Å². The van der Waals surface area contributed by atoms with Gasteiger partial charge in [-0.1, -0.05) is 104 Å². The maximum atomic E-state index is 13.3. The normalized spacial score (nSPS) is 14.0. The van der Waals surface area contributed by atoms with Gasteiger partial charge in [-0.15, -0.1) is 0 Å². The molecule has 0 aliphatic heterocycles. The number of carbonyl (C=O) groups is 1. The molecule has 7 heteroatoms. The smallest absolute Gasteiger partial charge is 0.241 e. The molecule has 3 rings (SSSR count). The first-order valence-corrected chi connectivity index (χ1v) is 17.3. The highest BCUT2D eigenvalue weighted by molar-refractivity contribution is 7.89. The quantitative estimate of drug-likeness (QED) is 0.162. The number of rotatable bonds is 16. The van der Waals surface area contributed by atoms with E-state index in [-0.39, 0.29) is 27.6 Å². The summed E-state index contributed by atoms with van der Waals surface area (Å²) in [6.07, 6.45) is 4.23. The predicted molar refractivity (Wildman–Crippen MR) is 178 cm³/mol. The molecule has 2 unspecified atom stereocenters. The van der Waals surface area contributed by atoms with Gasteiger partial charge in [-0.05, 0) is 77.0 Å². The van der Waals surface area contributed by atoms with Gasteiger partial charge in [0.2, 0.25) is 15.9 Å². The Labute approximate surface area is 260 Å². The maximum Gasteiger partial charge on any atom is 0.241 e. The molecule has 236 valence electrons. The fourth-order valence-electron chi connectivity index (χ4n) is 4.96. The lowest BCUT2D eigenvalue weighted by Gasteiger charge is -2.30. The molecule has 0 fully saturated rings. The molecule has 3 aromatic rings. The van der Waals surface area contributed by atoms with Crippen molar-refractivity contribution >= 4 is 26.7 Å². The SMILES string of the molecule is CCC(C)C(NS(=O)(=O)c1ccc2ccccc2c1)C(=O)NCCCCOc1ccc(C(C)(C)CC)cc1C(C)(C)CC. The molecule has 6 nitrogen and oxygen atoms in total. The average Bonchev–Trinajstić information content (AvgIpc) is 3.00. The van der Waals surface area contributed by atoms with Crippen LogP contribution in [0.5, 0.6) is 5.75 Å².